The Labute approximate surface area is 138 Å². The van der Waals surface area contributed by atoms with Crippen LogP contribution in [0.3, 0.4) is 0 Å². The standard InChI is InChI=1S/C19H16N2OS/c1-12-7-8-14-17(10-12)21(11-13-4-3-9-23-13)16-6-2-5-15(18(14)16)19(20)22/h2-10H,11H2,1H3,(H2,20,22). The Kier molecular flexibility index (Phi) is 3.20. The molecule has 23 heavy (non-hydrogen) atoms. The van der Waals surface area contributed by atoms with E-state index in [-0.39, 0.29) is 5.91 Å². The lowest BCUT2D eigenvalue weighted by atomic mass is 10.1. The lowest BCUT2D eigenvalue weighted by Crippen LogP contribution is -2.11. The SMILES string of the molecule is Cc1ccc2c3c(C(N)=O)cccc3n(Cc3cccs3)c2c1. The molecule has 3 nitrogen and oxygen atoms in total. The summed E-state index contributed by atoms with van der Waals surface area (Å²) >= 11 is 1.74. The van der Waals surface area contributed by atoms with Gasteiger partial charge in [-0.1, -0.05) is 24.3 Å². The van der Waals surface area contributed by atoms with Crippen LogP contribution in [-0.4, -0.2) is 10.5 Å². The summed E-state index contributed by atoms with van der Waals surface area (Å²) in [7, 11) is 0. The molecular weight excluding hydrogens is 304 g/mol. The van der Waals surface area contributed by atoms with E-state index in [1.807, 2.05) is 6.07 Å². The highest BCUT2D eigenvalue weighted by atomic mass is 32.1. The van der Waals surface area contributed by atoms with Gasteiger partial charge in [0, 0.05) is 26.7 Å². The molecule has 0 fully saturated rings. The molecule has 0 aliphatic rings. The summed E-state index contributed by atoms with van der Waals surface area (Å²) in [5, 5.41) is 4.12. The summed E-state index contributed by atoms with van der Waals surface area (Å²) in [6.45, 7) is 2.88. The first-order chi connectivity index (χ1) is 11.1. The zero-order valence-corrected chi connectivity index (χ0v) is 13.6. The van der Waals surface area contributed by atoms with Gasteiger partial charge in [-0.25, -0.2) is 0 Å². The van der Waals surface area contributed by atoms with Crippen molar-refractivity contribution in [2.45, 2.75) is 13.5 Å². The number of hydrogen-bond donors (Lipinski definition) is 1. The molecule has 0 aliphatic heterocycles. The fourth-order valence-electron chi connectivity index (χ4n) is 3.19. The first kappa shape index (κ1) is 14.0. The van der Waals surface area contributed by atoms with E-state index in [1.165, 1.54) is 10.4 Å². The number of benzene rings is 2. The van der Waals surface area contributed by atoms with Gasteiger partial charge >= 0.3 is 0 Å². The molecule has 0 bridgehead atoms. The molecule has 2 aromatic carbocycles. The summed E-state index contributed by atoms with van der Waals surface area (Å²) in [5.74, 6) is -0.383. The quantitative estimate of drug-likeness (QED) is 0.601. The number of aromatic nitrogens is 1. The molecule has 0 atom stereocenters. The van der Waals surface area contributed by atoms with Crippen LogP contribution in [0.4, 0.5) is 0 Å². The van der Waals surface area contributed by atoms with E-state index in [1.54, 1.807) is 17.4 Å². The number of carbonyl (C=O) groups is 1. The van der Waals surface area contributed by atoms with Crippen molar-refractivity contribution in [3.63, 3.8) is 0 Å². The number of aryl methyl sites for hydroxylation is 1. The maximum Gasteiger partial charge on any atom is 0.249 e. The van der Waals surface area contributed by atoms with Crippen LogP contribution < -0.4 is 5.73 Å². The van der Waals surface area contributed by atoms with Crippen molar-refractivity contribution in [2.24, 2.45) is 5.73 Å². The summed E-state index contributed by atoms with van der Waals surface area (Å²) < 4.78 is 2.27. The van der Waals surface area contributed by atoms with Gasteiger partial charge in [0.25, 0.3) is 0 Å². The molecule has 0 saturated carbocycles. The smallest absolute Gasteiger partial charge is 0.249 e. The number of nitrogens with two attached hydrogens (primary N) is 1. The minimum absolute atomic E-state index is 0.383. The monoisotopic (exact) mass is 320 g/mol. The second-order valence-corrected chi connectivity index (χ2v) is 6.78. The van der Waals surface area contributed by atoms with E-state index in [4.69, 9.17) is 5.73 Å². The fourth-order valence-corrected chi connectivity index (χ4v) is 3.88. The van der Waals surface area contributed by atoms with E-state index in [2.05, 4.69) is 53.3 Å². The van der Waals surface area contributed by atoms with Gasteiger partial charge in [-0.2, -0.15) is 0 Å². The number of primary amides is 1. The maximum absolute atomic E-state index is 11.9. The minimum atomic E-state index is -0.383. The van der Waals surface area contributed by atoms with Gasteiger partial charge in [-0.15, -0.1) is 11.3 Å². The maximum atomic E-state index is 11.9. The summed E-state index contributed by atoms with van der Waals surface area (Å²) in [4.78, 5) is 13.2. The number of amides is 1. The van der Waals surface area contributed by atoms with Crippen LogP contribution in [0, 0.1) is 6.92 Å². The minimum Gasteiger partial charge on any atom is -0.366 e. The van der Waals surface area contributed by atoms with E-state index in [0.29, 0.717) is 5.56 Å². The second kappa shape index (κ2) is 5.25. The molecule has 0 aliphatic carbocycles. The molecule has 4 aromatic rings. The van der Waals surface area contributed by atoms with Crippen LogP contribution in [0.25, 0.3) is 21.8 Å². The molecule has 0 saturated heterocycles. The topological polar surface area (TPSA) is 48.0 Å². The lowest BCUT2D eigenvalue weighted by molar-refractivity contribution is 0.100. The highest BCUT2D eigenvalue weighted by Crippen LogP contribution is 2.33. The predicted octanol–water partition coefficient (Wildman–Crippen LogP) is 4.31. The van der Waals surface area contributed by atoms with Crippen molar-refractivity contribution in [2.75, 3.05) is 0 Å². The van der Waals surface area contributed by atoms with Crippen LogP contribution in [0.15, 0.2) is 53.9 Å². The molecule has 1 amide bonds. The Morgan fingerprint density at radius 2 is 2.00 bits per heavy atom. The molecule has 0 spiro atoms. The third-order valence-corrected chi connectivity index (χ3v) is 5.07. The van der Waals surface area contributed by atoms with E-state index >= 15 is 0 Å². The highest BCUT2D eigenvalue weighted by molar-refractivity contribution is 7.09. The fraction of sp³-hybridized carbons (Fsp3) is 0.105. The van der Waals surface area contributed by atoms with Gasteiger partial charge in [0.05, 0.1) is 12.1 Å². The molecule has 114 valence electrons. The summed E-state index contributed by atoms with van der Waals surface area (Å²) in [6.07, 6.45) is 0. The molecule has 4 heteroatoms. The van der Waals surface area contributed by atoms with Crippen molar-refractivity contribution in [3.8, 4) is 0 Å². The third kappa shape index (κ3) is 2.23. The Balaban J connectivity index is 2.11. The van der Waals surface area contributed by atoms with Gasteiger partial charge in [0.15, 0.2) is 0 Å². The van der Waals surface area contributed by atoms with Gasteiger partial charge in [-0.05, 0) is 42.1 Å². The van der Waals surface area contributed by atoms with Crippen molar-refractivity contribution >= 4 is 39.0 Å². The van der Waals surface area contributed by atoms with Crippen LogP contribution >= 0.6 is 11.3 Å². The number of hydrogen-bond acceptors (Lipinski definition) is 2. The molecule has 2 N–H and O–H groups in total. The molecule has 0 unspecified atom stereocenters. The third-order valence-electron chi connectivity index (χ3n) is 4.21. The molecule has 4 rings (SSSR count). The Morgan fingerprint density at radius 3 is 2.74 bits per heavy atom. The average molecular weight is 320 g/mol. The first-order valence-electron chi connectivity index (χ1n) is 7.49. The van der Waals surface area contributed by atoms with E-state index in [9.17, 15) is 4.79 Å². The number of thiophene rings is 1. The van der Waals surface area contributed by atoms with Crippen molar-refractivity contribution < 1.29 is 4.79 Å². The van der Waals surface area contributed by atoms with E-state index < -0.39 is 0 Å². The predicted molar refractivity (Wildman–Crippen MR) is 96.1 cm³/mol. The van der Waals surface area contributed by atoms with Crippen molar-refractivity contribution in [1.82, 2.24) is 4.57 Å². The van der Waals surface area contributed by atoms with Crippen LogP contribution in [0.5, 0.6) is 0 Å². The Bertz CT molecular complexity index is 1030. The second-order valence-electron chi connectivity index (χ2n) is 5.75. The average Bonchev–Trinajstić information content (AvgIpc) is 3.14. The highest BCUT2D eigenvalue weighted by Gasteiger charge is 2.16. The van der Waals surface area contributed by atoms with Gasteiger partial charge in [0.1, 0.15) is 0 Å². The summed E-state index contributed by atoms with van der Waals surface area (Å²) in [6, 6.07) is 16.3. The van der Waals surface area contributed by atoms with Crippen molar-refractivity contribution in [3.05, 3.63) is 69.9 Å². The molecule has 0 radical (unpaired) electrons. The Hall–Kier alpha value is -2.59. The molecule has 2 aromatic heterocycles. The summed E-state index contributed by atoms with van der Waals surface area (Å²) in [5.41, 5.74) is 9.58. The van der Waals surface area contributed by atoms with Gasteiger partial charge in [0.2, 0.25) is 5.91 Å². The first-order valence-corrected chi connectivity index (χ1v) is 8.37. The molecular formula is C19H16N2OS. The Morgan fingerprint density at radius 1 is 1.13 bits per heavy atom. The van der Waals surface area contributed by atoms with Crippen LogP contribution in [-0.2, 0) is 6.54 Å². The van der Waals surface area contributed by atoms with Gasteiger partial charge < -0.3 is 10.3 Å². The molecule has 2 heterocycles. The number of fused-ring (bicyclic) bond motifs is 3. The number of nitrogens with zero attached hydrogens (tertiary/aromatic N) is 1. The largest absolute Gasteiger partial charge is 0.366 e. The normalized spacial score (nSPS) is 11.3. The van der Waals surface area contributed by atoms with Crippen LogP contribution in [0.2, 0.25) is 0 Å². The lowest BCUT2D eigenvalue weighted by Gasteiger charge is -2.06. The van der Waals surface area contributed by atoms with E-state index in [0.717, 1.165) is 28.4 Å². The van der Waals surface area contributed by atoms with Crippen molar-refractivity contribution in [1.29, 1.82) is 0 Å². The zero-order chi connectivity index (χ0) is 16.0. The van der Waals surface area contributed by atoms with Crippen LogP contribution in [0.1, 0.15) is 20.8 Å². The number of carbonyl (C=O) groups excluding carboxylic acids is 1. The zero-order valence-electron chi connectivity index (χ0n) is 12.7. The van der Waals surface area contributed by atoms with Gasteiger partial charge in [-0.3, -0.25) is 4.79 Å². The number of rotatable bonds is 3.